The summed E-state index contributed by atoms with van der Waals surface area (Å²) in [6.45, 7) is 7.99. The molecule has 3 heteroatoms. The third kappa shape index (κ3) is 1.07. The van der Waals surface area contributed by atoms with E-state index in [0.717, 1.165) is 0 Å². The van der Waals surface area contributed by atoms with Gasteiger partial charge in [0.25, 0.3) is 0 Å². The normalized spacial score (nSPS) is 25.6. The first-order chi connectivity index (χ1) is 5.67. The molecule has 0 saturated heterocycles. The van der Waals surface area contributed by atoms with Crippen LogP contribution >= 0.6 is 11.6 Å². The van der Waals surface area contributed by atoms with Crippen molar-refractivity contribution in [2.24, 2.45) is 10.8 Å². The number of rotatable bonds is 0. The van der Waals surface area contributed by atoms with Crippen LogP contribution in [0.15, 0.2) is 0 Å². The Balaban J connectivity index is 2.98. The first-order valence-electron chi connectivity index (χ1n) is 4.12. The molecule has 72 valence electrons. The third-order valence-electron chi connectivity index (χ3n) is 3.56. The van der Waals surface area contributed by atoms with E-state index in [1.54, 1.807) is 0 Å². The molecule has 0 spiro atoms. The highest BCUT2D eigenvalue weighted by Gasteiger charge is 2.76. The van der Waals surface area contributed by atoms with Crippen molar-refractivity contribution in [2.45, 2.75) is 32.6 Å². The quantitative estimate of drug-likeness (QED) is 0.481. The van der Waals surface area contributed by atoms with Crippen LogP contribution in [0, 0.1) is 22.7 Å². The van der Waals surface area contributed by atoms with E-state index in [1.807, 2.05) is 27.7 Å². The molecule has 2 nitrogen and oxygen atoms in total. The molecule has 13 heavy (non-hydrogen) atoms. The van der Waals surface area contributed by atoms with Gasteiger partial charge in [0.15, 0.2) is 0 Å². The molecule has 0 aliphatic heterocycles. The Kier molecular flexibility index (Phi) is 1.94. The van der Waals surface area contributed by atoms with Gasteiger partial charge in [0, 0.05) is 16.8 Å². The number of carboxylic acid groups (broad SMARTS) is 1. The monoisotopic (exact) mass is 200 g/mol. The second kappa shape index (κ2) is 2.42. The topological polar surface area (TPSA) is 37.3 Å². The van der Waals surface area contributed by atoms with Crippen molar-refractivity contribution in [2.75, 3.05) is 0 Å². The van der Waals surface area contributed by atoms with Crippen molar-refractivity contribution in [3.8, 4) is 11.8 Å². The number of halogens is 1. The van der Waals surface area contributed by atoms with E-state index in [1.165, 1.54) is 0 Å². The van der Waals surface area contributed by atoms with Gasteiger partial charge in [0.05, 0.1) is 0 Å². The first-order valence-corrected chi connectivity index (χ1v) is 4.49. The van der Waals surface area contributed by atoms with Gasteiger partial charge in [-0.15, -0.1) is 11.6 Å². The molecule has 0 aromatic carbocycles. The second-order valence-corrected chi connectivity index (χ2v) is 5.03. The number of alkyl halides is 1. The van der Waals surface area contributed by atoms with E-state index in [0.29, 0.717) is 0 Å². The van der Waals surface area contributed by atoms with Crippen molar-refractivity contribution in [3.63, 3.8) is 0 Å². The molecule has 1 rings (SSSR count). The Morgan fingerprint density at radius 1 is 1.23 bits per heavy atom. The van der Waals surface area contributed by atoms with Gasteiger partial charge in [0.2, 0.25) is 0 Å². The largest absolute Gasteiger partial charge is 0.472 e. The van der Waals surface area contributed by atoms with Gasteiger partial charge in [-0.1, -0.05) is 33.6 Å². The summed E-state index contributed by atoms with van der Waals surface area (Å²) < 4.78 is 0. The maximum Gasteiger partial charge on any atom is 0.381 e. The molecule has 1 fully saturated rings. The molecule has 0 amide bonds. The molecule has 0 heterocycles. The molecule has 0 unspecified atom stereocenters. The Hall–Kier alpha value is -0.680. The fourth-order valence-corrected chi connectivity index (χ4v) is 2.17. The van der Waals surface area contributed by atoms with Crippen LogP contribution in [0.3, 0.4) is 0 Å². The lowest BCUT2D eigenvalue weighted by molar-refractivity contribution is -0.130. The Bertz CT molecular complexity index is 304. The van der Waals surface area contributed by atoms with E-state index in [4.69, 9.17) is 16.7 Å². The van der Waals surface area contributed by atoms with Gasteiger partial charge in [-0.25, -0.2) is 4.79 Å². The predicted molar refractivity (Wildman–Crippen MR) is 51.6 cm³/mol. The molecule has 0 aromatic heterocycles. The van der Waals surface area contributed by atoms with E-state index in [9.17, 15) is 4.79 Å². The minimum absolute atomic E-state index is 0.135. The maximum absolute atomic E-state index is 10.3. The number of hydrogen-bond acceptors (Lipinski definition) is 1. The summed E-state index contributed by atoms with van der Waals surface area (Å²) in [7, 11) is 0. The zero-order chi connectivity index (χ0) is 10.5. The van der Waals surface area contributed by atoms with Gasteiger partial charge in [-0.2, -0.15) is 0 Å². The van der Waals surface area contributed by atoms with Gasteiger partial charge >= 0.3 is 5.97 Å². The lowest BCUT2D eigenvalue weighted by Crippen LogP contribution is -2.07. The molecule has 0 bridgehead atoms. The average molecular weight is 201 g/mol. The molecule has 1 saturated carbocycles. The first kappa shape index (κ1) is 10.4. The van der Waals surface area contributed by atoms with Crippen molar-refractivity contribution in [1.82, 2.24) is 0 Å². The number of carboxylic acids is 1. The van der Waals surface area contributed by atoms with Gasteiger partial charge in [-0.3, -0.25) is 0 Å². The lowest BCUT2D eigenvalue weighted by Gasteiger charge is -2.02. The van der Waals surface area contributed by atoms with Crippen LogP contribution in [0.4, 0.5) is 0 Å². The number of carbonyl (C=O) groups is 1. The Morgan fingerprint density at radius 3 is 1.85 bits per heavy atom. The van der Waals surface area contributed by atoms with Crippen molar-refractivity contribution < 1.29 is 9.90 Å². The maximum atomic E-state index is 10.3. The zero-order valence-electron chi connectivity index (χ0n) is 8.23. The zero-order valence-corrected chi connectivity index (χ0v) is 8.99. The molecule has 1 N–H and O–H groups in total. The standard InChI is InChI=1S/C10H13ClO2/c1-8(2)9(3,4)10(8,11)6-5-7(12)13/h1-4H3,(H,12,13). The smallest absolute Gasteiger partial charge is 0.381 e. The van der Waals surface area contributed by atoms with E-state index in [2.05, 4.69) is 11.8 Å². The van der Waals surface area contributed by atoms with E-state index >= 15 is 0 Å². The minimum atomic E-state index is -1.13. The Labute approximate surface area is 83.3 Å². The lowest BCUT2D eigenvalue weighted by atomic mass is 10.0. The predicted octanol–water partition coefficient (Wildman–Crippen LogP) is 2.12. The summed E-state index contributed by atoms with van der Waals surface area (Å²) >= 11 is 6.23. The fraction of sp³-hybridized carbons (Fsp3) is 0.700. The van der Waals surface area contributed by atoms with Crippen molar-refractivity contribution in [3.05, 3.63) is 0 Å². The fourth-order valence-electron chi connectivity index (χ4n) is 1.70. The SMILES string of the molecule is CC1(C)C(C)(C)C1(Cl)C#CC(=O)O. The van der Waals surface area contributed by atoms with Gasteiger partial charge < -0.3 is 5.11 Å². The summed E-state index contributed by atoms with van der Waals surface area (Å²) in [4.78, 5) is 9.57. The summed E-state index contributed by atoms with van der Waals surface area (Å²) in [5.74, 6) is 3.60. The van der Waals surface area contributed by atoms with Gasteiger partial charge in [-0.05, 0) is 0 Å². The molecule has 0 radical (unpaired) electrons. The summed E-state index contributed by atoms with van der Waals surface area (Å²) in [5.41, 5.74) is -0.270. The van der Waals surface area contributed by atoms with Crippen LogP contribution in [0.2, 0.25) is 0 Å². The van der Waals surface area contributed by atoms with Crippen LogP contribution in [-0.4, -0.2) is 16.0 Å². The molecule has 1 aliphatic carbocycles. The van der Waals surface area contributed by atoms with Crippen LogP contribution in [0.25, 0.3) is 0 Å². The summed E-state index contributed by atoms with van der Waals surface area (Å²) in [6.07, 6.45) is 0. The molecule has 1 aliphatic rings. The third-order valence-corrected chi connectivity index (χ3v) is 4.60. The molecular weight excluding hydrogens is 188 g/mol. The molecular formula is C10H13ClO2. The van der Waals surface area contributed by atoms with Crippen LogP contribution in [0.5, 0.6) is 0 Å². The van der Waals surface area contributed by atoms with Crippen molar-refractivity contribution in [1.29, 1.82) is 0 Å². The highest BCUT2D eigenvalue weighted by Crippen LogP contribution is 2.74. The summed E-state index contributed by atoms with van der Waals surface area (Å²) in [6, 6.07) is 0. The number of hydrogen-bond donors (Lipinski definition) is 1. The number of aliphatic carboxylic acids is 1. The molecule has 0 aromatic rings. The second-order valence-electron chi connectivity index (χ2n) is 4.46. The summed E-state index contributed by atoms with van der Waals surface area (Å²) in [5, 5.41) is 8.41. The average Bonchev–Trinajstić information content (AvgIpc) is 2.26. The minimum Gasteiger partial charge on any atom is -0.472 e. The Morgan fingerprint density at radius 2 is 1.62 bits per heavy atom. The highest BCUT2D eigenvalue weighted by atomic mass is 35.5. The van der Waals surface area contributed by atoms with E-state index in [-0.39, 0.29) is 10.8 Å². The van der Waals surface area contributed by atoms with E-state index < -0.39 is 10.8 Å². The van der Waals surface area contributed by atoms with Crippen LogP contribution in [-0.2, 0) is 4.79 Å². The van der Waals surface area contributed by atoms with Gasteiger partial charge in [0.1, 0.15) is 4.87 Å². The van der Waals surface area contributed by atoms with Crippen LogP contribution < -0.4 is 0 Å². The molecule has 0 atom stereocenters. The highest BCUT2D eigenvalue weighted by molar-refractivity contribution is 6.30. The van der Waals surface area contributed by atoms with Crippen LogP contribution in [0.1, 0.15) is 27.7 Å². The van der Waals surface area contributed by atoms with Crippen molar-refractivity contribution >= 4 is 17.6 Å².